The highest BCUT2D eigenvalue weighted by atomic mass is 79.9. The zero-order chi connectivity index (χ0) is 16.1. The van der Waals surface area contributed by atoms with Crippen molar-refractivity contribution < 1.29 is 14.0 Å². The van der Waals surface area contributed by atoms with Crippen molar-refractivity contribution in [2.45, 2.75) is 6.92 Å². The second kappa shape index (κ2) is 7.28. The number of hydrazone groups is 1. The summed E-state index contributed by atoms with van der Waals surface area (Å²) in [5.74, 6) is -2.61. The molecule has 2 N–H and O–H groups in total. The number of carbonyl (C=O) groups excluding carboxylic acids is 2. The number of benzene rings is 1. The van der Waals surface area contributed by atoms with E-state index in [1.54, 1.807) is 13.0 Å². The Hall–Kier alpha value is -2.06. The van der Waals surface area contributed by atoms with Gasteiger partial charge in [-0.05, 0) is 36.6 Å². The molecule has 0 saturated carbocycles. The molecule has 0 spiro atoms. The molecule has 1 heterocycles. The summed E-state index contributed by atoms with van der Waals surface area (Å²) in [5, 5.41) is 7.89. The molecule has 2 aromatic rings. The Morgan fingerprint density at radius 1 is 1.27 bits per heavy atom. The molecule has 0 aliphatic carbocycles. The van der Waals surface area contributed by atoms with E-state index < -0.39 is 17.6 Å². The van der Waals surface area contributed by atoms with Crippen molar-refractivity contribution in [3.05, 3.63) is 50.9 Å². The van der Waals surface area contributed by atoms with Crippen LogP contribution in [0.25, 0.3) is 0 Å². The Balaban J connectivity index is 1.98. The standard InChI is InChI=1S/C14H11BrFN3O2S/c1-8(12-3-2-6-22-12)18-19-14(21)13(20)17-11-5-4-9(15)7-10(11)16/h2-7H,1H3,(H,17,20)(H,19,21)/b18-8+. The van der Waals surface area contributed by atoms with E-state index in [1.807, 2.05) is 17.5 Å². The molecule has 0 unspecified atom stereocenters. The van der Waals surface area contributed by atoms with Gasteiger partial charge in [0.25, 0.3) is 0 Å². The Kier molecular flexibility index (Phi) is 5.40. The molecule has 8 heteroatoms. The fraction of sp³-hybridized carbons (Fsp3) is 0.0714. The van der Waals surface area contributed by atoms with Gasteiger partial charge in [0.15, 0.2) is 0 Å². The van der Waals surface area contributed by atoms with E-state index in [1.165, 1.54) is 23.5 Å². The second-order valence-electron chi connectivity index (χ2n) is 4.19. The first-order valence-electron chi connectivity index (χ1n) is 6.12. The predicted molar refractivity (Wildman–Crippen MR) is 87.4 cm³/mol. The van der Waals surface area contributed by atoms with Crippen LogP contribution in [0.1, 0.15) is 11.8 Å². The lowest BCUT2D eigenvalue weighted by atomic mass is 10.3. The molecule has 0 bridgehead atoms. The molecule has 1 aromatic carbocycles. The Bertz CT molecular complexity index is 732. The lowest BCUT2D eigenvalue weighted by Crippen LogP contribution is -2.33. The number of thiophene rings is 1. The summed E-state index contributed by atoms with van der Waals surface area (Å²) in [5.41, 5.74) is 2.63. The number of nitrogens with zero attached hydrogens (tertiary/aromatic N) is 1. The molecular weight excluding hydrogens is 373 g/mol. The van der Waals surface area contributed by atoms with Crippen LogP contribution in [0.5, 0.6) is 0 Å². The minimum Gasteiger partial charge on any atom is -0.315 e. The lowest BCUT2D eigenvalue weighted by molar-refractivity contribution is -0.136. The summed E-state index contributed by atoms with van der Waals surface area (Å²) in [4.78, 5) is 24.2. The van der Waals surface area contributed by atoms with Crippen molar-refractivity contribution in [2.75, 3.05) is 5.32 Å². The number of anilines is 1. The zero-order valence-electron chi connectivity index (χ0n) is 11.4. The van der Waals surface area contributed by atoms with Crippen molar-refractivity contribution in [3.8, 4) is 0 Å². The summed E-state index contributed by atoms with van der Waals surface area (Å²) in [6.45, 7) is 1.71. The highest BCUT2D eigenvalue weighted by Gasteiger charge is 2.15. The molecule has 0 fully saturated rings. The SMILES string of the molecule is C/C(=N\NC(=O)C(=O)Nc1ccc(Br)cc1F)c1cccs1. The number of rotatable bonds is 3. The van der Waals surface area contributed by atoms with Gasteiger partial charge < -0.3 is 5.32 Å². The Morgan fingerprint density at radius 2 is 2.05 bits per heavy atom. The van der Waals surface area contributed by atoms with Crippen LogP contribution >= 0.6 is 27.3 Å². The number of hydrogen-bond donors (Lipinski definition) is 2. The summed E-state index contributed by atoms with van der Waals surface area (Å²) < 4.78 is 14.1. The largest absolute Gasteiger partial charge is 0.329 e. The van der Waals surface area contributed by atoms with Crippen molar-refractivity contribution in [3.63, 3.8) is 0 Å². The first-order valence-corrected chi connectivity index (χ1v) is 7.79. The van der Waals surface area contributed by atoms with Crippen LogP contribution in [0.3, 0.4) is 0 Å². The third-order valence-corrected chi connectivity index (χ3v) is 4.06. The molecule has 5 nitrogen and oxygen atoms in total. The number of amides is 2. The van der Waals surface area contributed by atoms with Gasteiger partial charge in [-0.1, -0.05) is 22.0 Å². The normalized spacial score (nSPS) is 11.1. The summed E-state index contributed by atoms with van der Waals surface area (Å²) in [6, 6.07) is 7.78. The first-order chi connectivity index (χ1) is 10.5. The second-order valence-corrected chi connectivity index (χ2v) is 6.06. The molecule has 1 aromatic heterocycles. The van der Waals surface area contributed by atoms with E-state index in [0.717, 1.165) is 4.88 Å². The number of nitrogens with one attached hydrogen (secondary N) is 2. The fourth-order valence-corrected chi connectivity index (χ4v) is 2.51. The third kappa shape index (κ3) is 4.22. The first kappa shape index (κ1) is 16.3. The van der Waals surface area contributed by atoms with Gasteiger partial charge in [-0.3, -0.25) is 9.59 Å². The van der Waals surface area contributed by atoms with Gasteiger partial charge in [0.05, 0.1) is 11.4 Å². The molecule has 0 aliphatic rings. The predicted octanol–water partition coefficient (Wildman–Crippen LogP) is 3.13. The van der Waals surface area contributed by atoms with Crippen LogP contribution in [0, 0.1) is 5.82 Å². The number of halogens is 2. The van der Waals surface area contributed by atoms with Gasteiger partial charge in [0, 0.05) is 9.35 Å². The van der Waals surface area contributed by atoms with E-state index in [4.69, 9.17) is 0 Å². The van der Waals surface area contributed by atoms with Crippen LogP contribution < -0.4 is 10.7 Å². The molecular formula is C14H11BrFN3O2S. The summed E-state index contributed by atoms with van der Waals surface area (Å²) in [7, 11) is 0. The maximum Gasteiger partial charge on any atom is 0.329 e. The summed E-state index contributed by atoms with van der Waals surface area (Å²) in [6.07, 6.45) is 0. The smallest absolute Gasteiger partial charge is 0.315 e. The third-order valence-electron chi connectivity index (χ3n) is 2.59. The average Bonchev–Trinajstić information content (AvgIpc) is 3.01. The van der Waals surface area contributed by atoms with Crippen molar-refractivity contribution in [1.29, 1.82) is 0 Å². The minimum atomic E-state index is -0.996. The van der Waals surface area contributed by atoms with Gasteiger partial charge in [0.1, 0.15) is 5.82 Å². The maximum absolute atomic E-state index is 13.6. The molecule has 0 radical (unpaired) electrons. The van der Waals surface area contributed by atoms with Crippen molar-refractivity contribution >= 4 is 50.5 Å². The molecule has 0 saturated heterocycles. The zero-order valence-corrected chi connectivity index (χ0v) is 13.8. The van der Waals surface area contributed by atoms with Crippen LogP contribution in [0.4, 0.5) is 10.1 Å². The highest BCUT2D eigenvalue weighted by Crippen LogP contribution is 2.19. The highest BCUT2D eigenvalue weighted by molar-refractivity contribution is 9.10. The average molecular weight is 384 g/mol. The van der Waals surface area contributed by atoms with Gasteiger partial charge in [0.2, 0.25) is 0 Å². The van der Waals surface area contributed by atoms with E-state index in [0.29, 0.717) is 10.2 Å². The van der Waals surface area contributed by atoms with Gasteiger partial charge in [-0.25, -0.2) is 9.82 Å². The fourth-order valence-electron chi connectivity index (χ4n) is 1.49. The maximum atomic E-state index is 13.6. The van der Waals surface area contributed by atoms with Crippen LogP contribution in [-0.2, 0) is 9.59 Å². The van der Waals surface area contributed by atoms with Crippen LogP contribution in [0.15, 0.2) is 45.3 Å². The Labute approximate surface area is 138 Å². The molecule has 2 amide bonds. The van der Waals surface area contributed by atoms with E-state index in [-0.39, 0.29) is 5.69 Å². The monoisotopic (exact) mass is 383 g/mol. The molecule has 22 heavy (non-hydrogen) atoms. The number of carbonyl (C=O) groups is 2. The lowest BCUT2D eigenvalue weighted by Gasteiger charge is -2.06. The van der Waals surface area contributed by atoms with Crippen LogP contribution in [-0.4, -0.2) is 17.5 Å². The van der Waals surface area contributed by atoms with Gasteiger partial charge >= 0.3 is 11.8 Å². The van der Waals surface area contributed by atoms with Crippen LogP contribution in [0.2, 0.25) is 0 Å². The van der Waals surface area contributed by atoms with Crippen molar-refractivity contribution in [2.24, 2.45) is 5.10 Å². The molecule has 0 aliphatic heterocycles. The summed E-state index contributed by atoms with van der Waals surface area (Å²) >= 11 is 4.56. The quantitative estimate of drug-likeness (QED) is 0.485. The van der Waals surface area contributed by atoms with E-state index in [9.17, 15) is 14.0 Å². The molecule has 114 valence electrons. The van der Waals surface area contributed by atoms with E-state index in [2.05, 4.69) is 31.8 Å². The molecule has 0 atom stereocenters. The van der Waals surface area contributed by atoms with Crippen molar-refractivity contribution in [1.82, 2.24) is 5.43 Å². The van der Waals surface area contributed by atoms with Gasteiger partial charge in [-0.2, -0.15) is 5.10 Å². The number of hydrogen-bond acceptors (Lipinski definition) is 4. The topological polar surface area (TPSA) is 70.6 Å². The van der Waals surface area contributed by atoms with Gasteiger partial charge in [-0.15, -0.1) is 11.3 Å². The Morgan fingerprint density at radius 3 is 2.68 bits per heavy atom. The minimum absolute atomic E-state index is 0.0812. The molecule has 2 rings (SSSR count). The van der Waals surface area contributed by atoms with E-state index >= 15 is 0 Å².